The van der Waals surface area contributed by atoms with Crippen molar-refractivity contribution in [3.8, 4) is 17.2 Å². The van der Waals surface area contributed by atoms with Gasteiger partial charge in [-0.25, -0.2) is 4.98 Å². The van der Waals surface area contributed by atoms with Gasteiger partial charge in [0.1, 0.15) is 5.65 Å². The van der Waals surface area contributed by atoms with Gasteiger partial charge in [0.25, 0.3) is 5.56 Å². The van der Waals surface area contributed by atoms with Crippen LogP contribution in [-0.2, 0) is 13.1 Å². The van der Waals surface area contributed by atoms with Gasteiger partial charge in [-0.2, -0.15) is 0 Å². The van der Waals surface area contributed by atoms with Gasteiger partial charge in [0.15, 0.2) is 11.5 Å². The lowest BCUT2D eigenvalue weighted by atomic mass is 10.1. The molecule has 0 amide bonds. The molecule has 0 fully saturated rings. The maximum absolute atomic E-state index is 12.4. The standard InChI is InChI=1S/C21H25N3O4/c1-14-6-9-18-22-16(10-19(25)24(18)11-14)13-23(2)12-15-7-8-17(26-3)21(28-5)20(15)27-4/h6-11H,12-13H2,1-5H3. The molecule has 0 unspecified atom stereocenters. The average molecular weight is 383 g/mol. The second-order valence-corrected chi connectivity index (χ2v) is 6.69. The largest absolute Gasteiger partial charge is 0.493 e. The van der Waals surface area contributed by atoms with Crippen molar-refractivity contribution in [2.45, 2.75) is 20.0 Å². The van der Waals surface area contributed by atoms with Crippen LogP contribution in [0.4, 0.5) is 0 Å². The smallest absolute Gasteiger partial charge is 0.258 e. The van der Waals surface area contributed by atoms with Crippen LogP contribution in [-0.4, -0.2) is 42.7 Å². The number of aryl methyl sites for hydroxylation is 1. The highest BCUT2D eigenvalue weighted by Gasteiger charge is 2.17. The fourth-order valence-corrected chi connectivity index (χ4v) is 3.25. The molecule has 0 atom stereocenters. The van der Waals surface area contributed by atoms with E-state index in [0.29, 0.717) is 36.0 Å². The van der Waals surface area contributed by atoms with E-state index in [4.69, 9.17) is 14.2 Å². The highest BCUT2D eigenvalue weighted by atomic mass is 16.5. The molecule has 0 aliphatic carbocycles. The average Bonchev–Trinajstić information content (AvgIpc) is 2.68. The van der Waals surface area contributed by atoms with Gasteiger partial charge < -0.3 is 14.2 Å². The van der Waals surface area contributed by atoms with Crippen LogP contribution < -0.4 is 19.8 Å². The summed E-state index contributed by atoms with van der Waals surface area (Å²) < 4.78 is 17.9. The quantitative estimate of drug-likeness (QED) is 0.625. The lowest BCUT2D eigenvalue weighted by Crippen LogP contribution is -2.22. The fourth-order valence-electron chi connectivity index (χ4n) is 3.25. The first kappa shape index (κ1) is 19.7. The Labute approximate surface area is 164 Å². The number of nitrogens with zero attached hydrogens (tertiary/aromatic N) is 3. The summed E-state index contributed by atoms with van der Waals surface area (Å²) in [4.78, 5) is 19.1. The van der Waals surface area contributed by atoms with Crippen molar-refractivity contribution in [2.75, 3.05) is 28.4 Å². The lowest BCUT2D eigenvalue weighted by molar-refractivity contribution is 0.294. The monoisotopic (exact) mass is 383 g/mol. The van der Waals surface area contributed by atoms with Gasteiger partial charge in [-0.1, -0.05) is 12.1 Å². The third-order valence-electron chi connectivity index (χ3n) is 4.52. The Kier molecular flexibility index (Phi) is 5.84. The molecule has 1 aromatic carbocycles. The summed E-state index contributed by atoms with van der Waals surface area (Å²) in [6.45, 7) is 3.07. The van der Waals surface area contributed by atoms with Crippen molar-refractivity contribution in [3.63, 3.8) is 0 Å². The number of methoxy groups -OCH3 is 3. The number of benzene rings is 1. The third kappa shape index (κ3) is 3.94. The molecule has 7 heteroatoms. The molecule has 2 aromatic heterocycles. The number of pyridine rings is 1. The van der Waals surface area contributed by atoms with Crippen LogP contribution in [0.2, 0.25) is 0 Å². The molecule has 148 valence electrons. The summed E-state index contributed by atoms with van der Waals surface area (Å²) in [5, 5.41) is 0. The van der Waals surface area contributed by atoms with Crippen molar-refractivity contribution in [1.29, 1.82) is 0 Å². The Hall–Kier alpha value is -3.06. The molecule has 0 radical (unpaired) electrons. The van der Waals surface area contributed by atoms with Crippen molar-refractivity contribution in [2.24, 2.45) is 0 Å². The van der Waals surface area contributed by atoms with E-state index in [9.17, 15) is 4.79 Å². The molecule has 0 saturated heterocycles. The van der Waals surface area contributed by atoms with Crippen LogP contribution in [0.15, 0.2) is 41.3 Å². The van der Waals surface area contributed by atoms with Crippen LogP contribution in [0.3, 0.4) is 0 Å². The molecule has 0 aliphatic rings. The Bertz CT molecular complexity index is 1050. The fraction of sp³-hybridized carbons (Fsp3) is 0.333. The van der Waals surface area contributed by atoms with Gasteiger partial charge in [-0.15, -0.1) is 0 Å². The molecule has 28 heavy (non-hydrogen) atoms. The first-order valence-corrected chi connectivity index (χ1v) is 8.92. The second kappa shape index (κ2) is 8.31. The van der Waals surface area contributed by atoms with Gasteiger partial charge in [0.2, 0.25) is 5.75 Å². The molecule has 0 saturated carbocycles. The van der Waals surface area contributed by atoms with E-state index in [2.05, 4.69) is 9.88 Å². The van der Waals surface area contributed by atoms with Gasteiger partial charge in [0.05, 0.1) is 27.0 Å². The van der Waals surface area contributed by atoms with E-state index in [0.717, 1.165) is 16.8 Å². The van der Waals surface area contributed by atoms with Gasteiger partial charge in [-0.05, 0) is 31.7 Å². The first-order chi connectivity index (χ1) is 13.5. The van der Waals surface area contributed by atoms with Crippen molar-refractivity contribution < 1.29 is 14.2 Å². The zero-order valence-electron chi connectivity index (χ0n) is 16.9. The van der Waals surface area contributed by atoms with Crippen molar-refractivity contribution in [1.82, 2.24) is 14.3 Å². The summed E-state index contributed by atoms with van der Waals surface area (Å²) in [5.41, 5.74) is 3.25. The van der Waals surface area contributed by atoms with Crippen LogP contribution >= 0.6 is 0 Å². The minimum Gasteiger partial charge on any atom is -0.493 e. The minimum absolute atomic E-state index is 0.0826. The van der Waals surface area contributed by atoms with E-state index >= 15 is 0 Å². The molecule has 0 bridgehead atoms. The number of fused-ring (bicyclic) bond motifs is 1. The number of rotatable bonds is 7. The molecule has 0 aliphatic heterocycles. The summed E-state index contributed by atoms with van der Waals surface area (Å²) in [6.07, 6.45) is 1.80. The molecular weight excluding hydrogens is 358 g/mol. The predicted molar refractivity (Wildman–Crippen MR) is 107 cm³/mol. The topological polar surface area (TPSA) is 65.3 Å². The van der Waals surface area contributed by atoms with Crippen molar-refractivity contribution in [3.05, 3.63) is 63.7 Å². The highest BCUT2D eigenvalue weighted by molar-refractivity contribution is 5.55. The number of hydrogen-bond acceptors (Lipinski definition) is 6. The summed E-state index contributed by atoms with van der Waals surface area (Å²) >= 11 is 0. The SMILES string of the molecule is COc1ccc(CN(C)Cc2cc(=O)n3cc(C)ccc3n2)c(OC)c1OC. The molecule has 3 rings (SSSR count). The summed E-state index contributed by atoms with van der Waals surface area (Å²) in [7, 11) is 6.75. The molecule has 7 nitrogen and oxygen atoms in total. The summed E-state index contributed by atoms with van der Waals surface area (Å²) in [6, 6.07) is 9.19. The number of aromatic nitrogens is 2. The predicted octanol–water partition coefficient (Wildman–Crippen LogP) is 2.66. The third-order valence-corrected chi connectivity index (χ3v) is 4.52. The lowest BCUT2D eigenvalue weighted by Gasteiger charge is -2.20. The van der Waals surface area contributed by atoms with Crippen LogP contribution in [0.5, 0.6) is 17.2 Å². The van der Waals surface area contributed by atoms with E-state index in [1.807, 2.05) is 38.2 Å². The Morgan fingerprint density at radius 2 is 1.75 bits per heavy atom. The van der Waals surface area contributed by atoms with Crippen molar-refractivity contribution >= 4 is 5.65 Å². The van der Waals surface area contributed by atoms with Crippen LogP contribution in [0.25, 0.3) is 5.65 Å². The molecule has 0 spiro atoms. The molecule has 0 N–H and O–H groups in total. The zero-order valence-corrected chi connectivity index (χ0v) is 16.9. The zero-order chi connectivity index (χ0) is 20.3. The van der Waals surface area contributed by atoms with Gasteiger partial charge >= 0.3 is 0 Å². The normalized spacial score (nSPS) is 11.1. The van der Waals surface area contributed by atoms with Gasteiger partial charge in [-0.3, -0.25) is 14.1 Å². The Balaban J connectivity index is 1.85. The maximum atomic E-state index is 12.4. The van der Waals surface area contributed by atoms with E-state index in [1.54, 1.807) is 38.0 Å². The van der Waals surface area contributed by atoms with E-state index in [-0.39, 0.29) is 5.56 Å². The summed E-state index contributed by atoms with van der Waals surface area (Å²) in [5.74, 6) is 1.81. The number of hydrogen-bond donors (Lipinski definition) is 0. The molecule has 2 heterocycles. The van der Waals surface area contributed by atoms with E-state index in [1.165, 1.54) is 0 Å². The highest BCUT2D eigenvalue weighted by Crippen LogP contribution is 2.40. The minimum atomic E-state index is -0.0826. The maximum Gasteiger partial charge on any atom is 0.258 e. The van der Waals surface area contributed by atoms with Crippen LogP contribution in [0.1, 0.15) is 16.8 Å². The molecular formula is C21H25N3O4. The second-order valence-electron chi connectivity index (χ2n) is 6.69. The first-order valence-electron chi connectivity index (χ1n) is 8.92. The Morgan fingerprint density at radius 3 is 2.43 bits per heavy atom. The van der Waals surface area contributed by atoms with Crippen LogP contribution in [0, 0.1) is 6.92 Å². The Morgan fingerprint density at radius 1 is 1.00 bits per heavy atom. The van der Waals surface area contributed by atoms with Gasteiger partial charge in [0, 0.05) is 30.9 Å². The van der Waals surface area contributed by atoms with E-state index < -0.39 is 0 Å². The molecule has 3 aromatic rings. The number of ether oxygens (including phenoxy) is 3.